The fourth-order valence-electron chi connectivity index (χ4n) is 2.17. The molecule has 5 nitrogen and oxygen atoms in total. The Bertz CT molecular complexity index is 749. The SMILES string of the molecule is COC(=O)c1ccc(CN(Cc2ccc(C)cc2)S(=O)O)c(F)c1. The molecule has 2 aromatic carbocycles. The van der Waals surface area contributed by atoms with Crippen LogP contribution in [-0.4, -0.2) is 26.1 Å². The Kier molecular flexibility index (Phi) is 6.19. The van der Waals surface area contributed by atoms with Gasteiger partial charge in [-0.25, -0.2) is 13.4 Å². The van der Waals surface area contributed by atoms with Crippen LogP contribution in [0.4, 0.5) is 4.39 Å². The fourth-order valence-corrected chi connectivity index (χ4v) is 2.68. The highest BCUT2D eigenvalue weighted by atomic mass is 32.2. The second-order valence-corrected chi connectivity index (χ2v) is 6.29. The zero-order chi connectivity index (χ0) is 17.7. The summed E-state index contributed by atoms with van der Waals surface area (Å²) in [6.45, 7) is 2.08. The highest BCUT2D eigenvalue weighted by Crippen LogP contribution is 2.17. The normalized spacial score (nSPS) is 12.2. The Labute approximate surface area is 142 Å². The first-order chi connectivity index (χ1) is 11.4. The summed E-state index contributed by atoms with van der Waals surface area (Å²) in [5, 5.41) is 0. The number of nitrogens with zero attached hydrogens (tertiary/aromatic N) is 1. The molecule has 0 aliphatic rings. The van der Waals surface area contributed by atoms with Crippen LogP contribution in [-0.2, 0) is 29.1 Å². The lowest BCUT2D eigenvalue weighted by Gasteiger charge is -2.18. The molecule has 0 fully saturated rings. The van der Waals surface area contributed by atoms with Crippen LogP contribution in [0.2, 0.25) is 0 Å². The van der Waals surface area contributed by atoms with E-state index < -0.39 is 23.1 Å². The molecule has 128 valence electrons. The Morgan fingerprint density at radius 1 is 1.21 bits per heavy atom. The maximum Gasteiger partial charge on any atom is 0.337 e. The van der Waals surface area contributed by atoms with Crippen molar-refractivity contribution in [2.75, 3.05) is 7.11 Å². The third-order valence-electron chi connectivity index (χ3n) is 3.52. The Morgan fingerprint density at radius 3 is 2.42 bits per heavy atom. The molecule has 0 aliphatic heterocycles. The van der Waals surface area contributed by atoms with E-state index in [2.05, 4.69) is 4.74 Å². The van der Waals surface area contributed by atoms with Gasteiger partial charge in [0.15, 0.2) is 0 Å². The first-order valence-electron chi connectivity index (χ1n) is 7.19. The van der Waals surface area contributed by atoms with E-state index in [1.54, 1.807) is 0 Å². The lowest BCUT2D eigenvalue weighted by molar-refractivity contribution is 0.0600. The maximum absolute atomic E-state index is 14.1. The first kappa shape index (κ1) is 18.3. The number of hydrogen-bond acceptors (Lipinski definition) is 3. The second-order valence-electron chi connectivity index (χ2n) is 5.31. The Balaban J connectivity index is 2.17. The van der Waals surface area contributed by atoms with Gasteiger partial charge >= 0.3 is 5.97 Å². The van der Waals surface area contributed by atoms with E-state index in [0.717, 1.165) is 17.2 Å². The van der Waals surface area contributed by atoms with Crippen LogP contribution in [0.15, 0.2) is 42.5 Å². The van der Waals surface area contributed by atoms with Crippen LogP contribution < -0.4 is 0 Å². The van der Waals surface area contributed by atoms with Gasteiger partial charge in [-0.15, -0.1) is 0 Å². The van der Waals surface area contributed by atoms with Crippen molar-refractivity contribution in [2.45, 2.75) is 20.0 Å². The van der Waals surface area contributed by atoms with E-state index in [4.69, 9.17) is 0 Å². The minimum absolute atomic E-state index is 0.0652. The molecule has 0 heterocycles. The lowest BCUT2D eigenvalue weighted by Crippen LogP contribution is -2.25. The van der Waals surface area contributed by atoms with E-state index in [9.17, 15) is 17.9 Å². The van der Waals surface area contributed by atoms with Crippen LogP contribution in [0.1, 0.15) is 27.0 Å². The largest absolute Gasteiger partial charge is 0.465 e. The number of methoxy groups -OCH3 is 1. The number of rotatable bonds is 6. The summed E-state index contributed by atoms with van der Waals surface area (Å²) in [5.74, 6) is -1.26. The molecule has 0 aliphatic carbocycles. The summed E-state index contributed by atoms with van der Waals surface area (Å²) in [4.78, 5) is 11.4. The molecule has 1 atom stereocenters. The van der Waals surface area contributed by atoms with Gasteiger partial charge in [-0.2, -0.15) is 4.31 Å². The number of carbonyl (C=O) groups is 1. The van der Waals surface area contributed by atoms with Gasteiger partial charge < -0.3 is 4.74 Å². The molecule has 1 unspecified atom stereocenters. The van der Waals surface area contributed by atoms with Gasteiger partial charge in [-0.3, -0.25) is 4.55 Å². The van der Waals surface area contributed by atoms with Gasteiger partial charge in [0.1, 0.15) is 5.82 Å². The third-order valence-corrected chi connectivity index (χ3v) is 4.22. The van der Waals surface area contributed by atoms with Gasteiger partial charge in [0, 0.05) is 18.7 Å². The van der Waals surface area contributed by atoms with Gasteiger partial charge in [0.2, 0.25) is 11.3 Å². The number of aryl methyl sites for hydroxylation is 1. The highest BCUT2D eigenvalue weighted by molar-refractivity contribution is 7.76. The summed E-state index contributed by atoms with van der Waals surface area (Å²) in [6.07, 6.45) is 0. The number of esters is 1. The van der Waals surface area contributed by atoms with Crippen molar-refractivity contribution in [3.63, 3.8) is 0 Å². The van der Waals surface area contributed by atoms with E-state index >= 15 is 0 Å². The van der Waals surface area contributed by atoms with Crippen molar-refractivity contribution in [2.24, 2.45) is 0 Å². The zero-order valence-corrected chi connectivity index (χ0v) is 14.2. The first-order valence-corrected chi connectivity index (χ1v) is 8.25. The van der Waals surface area contributed by atoms with Crippen LogP contribution in [0.25, 0.3) is 0 Å². The number of benzene rings is 2. The van der Waals surface area contributed by atoms with Crippen molar-refractivity contribution < 1.29 is 22.7 Å². The van der Waals surface area contributed by atoms with Crippen molar-refractivity contribution in [3.8, 4) is 0 Å². The molecule has 0 bridgehead atoms. The predicted octanol–water partition coefficient (Wildman–Crippen LogP) is 3.06. The molecule has 2 aromatic rings. The number of carbonyl (C=O) groups excluding carboxylic acids is 1. The fraction of sp³-hybridized carbons (Fsp3) is 0.235. The minimum atomic E-state index is -2.26. The van der Waals surface area contributed by atoms with Crippen molar-refractivity contribution >= 4 is 17.2 Å². The summed E-state index contributed by atoms with van der Waals surface area (Å²) in [6, 6.07) is 11.4. The molecule has 0 saturated carbocycles. The van der Waals surface area contributed by atoms with Crippen LogP contribution >= 0.6 is 0 Å². The maximum atomic E-state index is 14.1. The van der Waals surface area contributed by atoms with Gasteiger partial charge in [-0.1, -0.05) is 35.9 Å². The molecule has 0 aromatic heterocycles. The summed E-state index contributed by atoms with van der Waals surface area (Å²) in [5.41, 5.74) is 2.24. The quantitative estimate of drug-likeness (QED) is 0.642. The molecule has 7 heteroatoms. The standard InChI is InChI=1S/C17H18FNO4S/c1-12-3-5-13(6-4-12)10-19(24(21)22)11-15-8-7-14(9-16(15)18)17(20)23-2/h3-9H,10-11H2,1-2H3,(H,21,22). The average Bonchev–Trinajstić information content (AvgIpc) is 2.56. The van der Waals surface area contributed by atoms with Crippen molar-refractivity contribution in [1.82, 2.24) is 4.31 Å². The molecule has 0 radical (unpaired) electrons. The highest BCUT2D eigenvalue weighted by Gasteiger charge is 2.16. The van der Waals surface area contributed by atoms with Gasteiger partial charge in [0.25, 0.3) is 0 Å². The molecular formula is C17H18FNO4S. The van der Waals surface area contributed by atoms with Crippen LogP contribution in [0.3, 0.4) is 0 Å². The minimum Gasteiger partial charge on any atom is -0.465 e. The summed E-state index contributed by atoms with van der Waals surface area (Å²) < 4.78 is 40.9. The van der Waals surface area contributed by atoms with E-state index in [0.29, 0.717) is 0 Å². The summed E-state index contributed by atoms with van der Waals surface area (Å²) in [7, 11) is 1.21. The molecule has 0 amide bonds. The molecule has 24 heavy (non-hydrogen) atoms. The third kappa shape index (κ3) is 4.70. The topological polar surface area (TPSA) is 66.8 Å². The Hall–Kier alpha value is -2.09. The number of ether oxygens (including phenoxy) is 1. The Morgan fingerprint density at radius 2 is 1.88 bits per heavy atom. The van der Waals surface area contributed by atoms with Crippen LogP contribution in [0, 0.1) is 12.7 Å². The molecule has 0 saturated heterocycles. The molecule has 0 spiro atoms. The summed E-state index contributed by atoms with van der Waals surface area (Å²) >= 11 is -2.26. The van der Waals surface area contributed by atoms with Gasteiger partial charge in [0.05, 0.1) is 12.7 Å². The van der Waals surface area contributed by atoms with Gasteiger partial charge in [-0.05, 0) is 24.6 Å². The second kappa shape index (κ2) is 8.14. The lowest BCUT2D eigenvalue weighted by atomic mass is 10.1. The zero-order valence-electron chi connectivity index (χ0n) is 13.4. The number of halogens is 1. The molecular weight excluding hydrogens is 333 g/mol. The van der Waals surface area contributed by atoms with Crippen LogP contribution in [0.5, 0.6) is 0 Å². The predicted molar refractivity (Wildman–Crippen MR) is 88.9 cm³/mol. The van der Waals surface area contributed by atoms with E-state index in [-0.39, 0.29) is 24.2 Å². The van der Waals surface area contributed by atoms with E-state index in [1.807, 2.05) is 31.2 Å². The molecule has 1 N–H and O–H groups in total. The van der Waals surface area contributed by atoms with Crippen molar-refractivity contribution in [1.29, 1.82) is 0 Å². The smallest absolute Gasteiger partial charge is 0.337 e. The number of hydrogen-bond donors (Lipinski definition) is 1. The monoisotopic (exact) mass is 351 g/mol. The van der Waals surface area contributed by atoms with E-state index in [1.165, 1.54) is 23.5 Å². The van der Waals surface area contributed by atoms with Crippen molar-refractivity contribution in [3.05, 3.63) is 70.5 Å². The molecule has 2 rings (SSSR count). The average molecular weight is 351 g/mol.